The molecule has 0 spiro atoms. The lowest BCUT2D eigenvalue weighted by atomic mass is 10.1. The summed E-state index contributed by atoms with van der Waals surface area (Å²) in [6, 6.07) is 15.2. The van der Waals surface area contributed by atoms with Gasteiger partial charge in [0.25, 0.3) is 11.5 Å². The fourth-order valence-electron chi connectivity index (χ4n) is 3.40. The standard InChI is InChI=1S/C19H17N3O2/c1-22-19(24)15-9-5-4-8-14(15)17(21-22)18(23)20-16-11-10-12-6-2-3-7-13(12)16/h2-9,16H,10-11H2,1H3,(H,20,23)/t16-/m0/s1. The van der Waals surface area contributed by atoms with E-state index in [0.29, 0.717) is 10.8 Å². The van der Waals surface area contributed by atoms with E-state index in [1.165, 1.54) is 15.8 Å². The van der Waals surface area contributed by atoms with E-state index in [9.17, 15) is 9.59 Å². The normalized spacial score (nSPS) is 16.1. The van der Waals surface area contributed by atoms with Crippen molar-refractivity contribution in [3.63, 3.8) is 0 Å². The van der Waals surface area contributed by atoms with Crippen LogP contribution in [0.2, 0.25) is 0 Å². The van der Waals surface area contributed by atoms with E-state index in [2.05, 4.69) is 22.5 Å². The first kappa shape index (κ1) is 14.6. The van der Waals surface area contributed by atoms with Crippen LogP contribution < -0.4 is 10.9 Å². The zero-order valence-corrected chi connectivity index (χ0v) is 13.3. The van der Waals surface area contributed by atoms with Gasteiger partial charge in [-0.3, -0.25) is 9.59 Å². The molecule has 0 unspecified atom stereocenters. The number of hydrogen-bond acceptors (Lipinski definition) is 3. The van der Waals surface area contributed by atoms with Crippen LogP contribution in [0.3, 0.4) is 0 Å². The Morgan fingerprint density at radius 3 is 2.67 bits per heavy atom. The number of carbonyl (C=O) groups is 1. The van der Waals surface area contributed by atoms with Crippen molar-refractivity contribution >= 4 is 16.7 Å². The highest BCUT2D eigenvalue weighted by Crippen LogP contribution is 2.31. The van der Waals surface area contributed by atoms with Gasteiger partial charge < -0.3 is 5.32 Å². The summed E-state index contributed by atoms with van der Waals surface area (Å²) >= 11 is 0. The van der Waals surface area contributed by atoms with Gasteiger partial charge in [-0.2, -0.15) is 5.10 Å². The number of hydrogen-bond donors (Lipinski definition) is 1. The molecular formula is C19H17N3O2. The highest BCUT2D eigenvalue weighted by molar-refractivity contribution is 6.04. The average molecular weight is 319 g/mol. The van der Waals surface area contributed by atoms with Gasteiger partial charge in [-0.15, -0.1) is 0 Å². The molecule has 4 rings (SSSR count). The molecule has 0 aliphatic heterocycles. The molecule has 120 valence electrons. The first-order valence-corrected chi connectivity index (χ1v) is 8.00. The SMILES string of the molecule is Cn1nc(C(=O)N[C@H]2CCc3ccccc32)c2ccccc2c1=O. The molecule has 0 bridgehead atoms. The molecule has 2 aromatic carbocycles. The van der Waals surface area contributed by atoms with Crippen LogP contribution in [0, 0.1) is 0 Å². The minimum absolute atomic E-state index is 0.00787. The summed E-state index contributed by atoms with van der Waals surface area (Å²) in [5.41, 5.74) is 2.53. The van der Waals surface area contributed by atoms with E-state index < -0.39 is 0 Å². The van der Waals surface area contributed by atoms with Crippen molar-refractivity contribution in [2.75, 3.05) is 0 Å². The van der Waals surface area contributed by atoms with Crippen molar-refractivity contribution in [3.05, 3.63) is 75.7 Å². The van der Waals surface area contributed by atoms with Crippen LogP contribution in [0.15, 0.2) is 53.3 Å². The molecule has 0 saturated carbocycles. The molecule has 1 amide bonds. The Morgan fingerprint density at radius 2 is 1.83 bits per heavy atom. The maximum absolute atomic E-state index is 12.8. The van der Waals surface area contributed by atoms with Gasteiger partial charge in [-0.05, 0) is 30.0 Å². The first-order chi connectivity index (χ1) is 11.6. The summed E-state index contributed by atoms with van der Waals surface area (Å²) in [5, 5.41) is 8.36. The van der Waals surface area contributed by atoms with Crippen molar-refractivity contribution in [1.82, 2.24) is 15.1 Å². The second-order valence-electron chi connectivity index (χ2n) is 6.09. The lowest BCUT2D eigenvalue weighted by Crippen LogP contribution is -2.31. The number of aryl methyl sites for hydroxylation is 2. The Hall–Kier alpha value is -2.95. The smallest absolute Gasteiger partial charge is 0.274 e. The lowest BCUT2D eigenvalue weighted by Gasteiger charge is -2.15. The average Bonchev–Trinajstić information content (AvgIpc) is 3.01. The summed E-state index contributed by atoms with van der Waals surface area (Å²) in [7, 11) is 1.57. The number of carbonyl (C=O) groups excluding carboxylic acids is 1. The minimum atomic E-state index is -0.247. The Labute approximate surface area is 138 Å². The molecule has 1 aromatic heterocycles. The van der Waals surface area contributed by atoms with Crippen LogP contribution in [0.5, 0.6) is 0 Å². The van der Waals surface area contributed by atoms with Crippen LogP contribution in [0.25, 0.3) is 10.8 Å². The number of aromatic nitrogens is 2. The molecule has 1 aliphatic carbocycles. The Morgan fingerprint density at radius 1 is 1.12 bits per heavy atom. The fourth-order valence-corrected chi connectivity index (χ4v) is 3.40. The maximum Gasteiger partial charge on any atom is 0.274 e. The Bertz CT molecular complexity index is 1010. The fraction of sp³-hybridized carbons (Fsp3) is 0.211. The minimum Gasteiger partial charge on any atom is -0.344 e. The Balaban J connectivity index is 1.73. The number of fused-ring (bicyclic) bond motifs is 2. The predicted octanol–water partition coefficient (Wildman–Crippen LogP) is 2.35. The van der Waals surface area contributed by atoms with Gasteiger partial charge in [0.1, 0.15) is 0 Å². The molecular weight excluding hydrogens is 302 g/mol. The van der Waals surface area contributed by atoms with Crippen molar-refractivity contribution < 1.29 is 4.79 Å². The quantitative estimate of drug-likeness (QED) is 0.788. The molecule has 5 nitrogen and oxygen atoms in total. The van der Waals surface area contributed by atoms with Crippen molar-refractivity contribution in [2.24, 2.45) is 7.05 Å². The van der Waals surface area contributed by atoms with Gasteiger partial charge in [-0.1, -0.05) is 42.5 Å². The van der Waals surface area contributed by atoms with Gasteiger partial charge >= 0.3 is 0 Å². The predicted molar refractivity (Wildman–Crippen MR) is 92.0 cm³/mol. The first-order valence-electron chi connectivity index (χ1n) is 8.00. The van der Waals surface area contributed by atoms with E-state index in [-0.39, 0.29) is 23.2 Å². The van der Waals surface area contributed by atoms with E-state index in [1.54, 1.807) is 25.2 Å². The molecule has 5 heteroatoms. The van der Waals surface area contributed by atoms with Crippen LogP contribution in [0.4, 0.5) is 0 Å². The van der Waals surface area contributed by atoms with E-state index in [4.69, 9.17) is 0 Å². The largest absolute Gasteiger partial charge is 0.344 e. The van der Waals surface area contributed by atoms with Crippen LogP contribution >= 0.6 is 0 Å². The molecule has 1 heterocycles. The second-order valence-corrected chi connectivity index (χ2v) is 6.09. The number of benzene rings is 2. The number of rotatable bonds is 2. The van der Waals surface area contributed by atoms with Crippen molar-refractivity contribution in [3.8, 4) is 0 Å². The topological polar surface area (TPSA) is 64.0 Å². The number of nitrogens with one attached hydrogen (secondary N) is 1. The van der Waals surface area contributed by atoms with E-state index >= 15 is 0 Å². The molecule has 0 radical (unpaired) electrons. The summed E-state index contributed by atoms with van der Waals surface area (Å²) in [5.74, 6) is -0.247. The molecule has 0 fully saturated rings. The maximum atomic E-state index is 12.8. The van der Waals surface area contributed by atoms with Crippen molar-refractivity contribution in [1.29, 1.82) is 0 Å². The zero-order valence-electron chi connectivity index (χ0n) is 13.3. The molecule has 1 aliphatic rings. The lowest BCUT2D eigenvalue weighted by molar-refractivity contribution is 0.0931. The molecule has 24 heavy (non-hydrogen) atoms. The van der Waals surface area contributed by atoms with Gasteiger partial charge in [0.15, 0.2) is 5.69 Å². The zero-order chi connectivity index (χ0) is 16.7. The van der Waals surface area contributed by atoms with E-state index in [0.717, 1.165) is 12.8 Å². The molecule has 0 saturated heterocycles. The third-order valence-electron chi connectivity index (χ3n) is 4.61. The third kappa shape index (κ3) is 2.29. The van der Waals surface area contributed by atoms with Gasteiger partial charge in [0, 0.05) is 12.4 Å². The van der Waals surface area contributed by atoms with E-state index in [1.807, 2.05) is 18.2 Å². The van der Waals surface area contributed by atoms with Gasteiger partial charge in [-0.25, -0.2) is 4.68 Å². The summed E-state index contributed by atoms with van der Waals surface area (Å²) < 4.78 is 1.22. The summed E-state index contributed by atoms with van der Waals surface area (Å²) in [4.78, 5) is 25.0. The number of nitrogens with zero attached hydrogens (tertiary/aromatic N) is 2. The van der Waals surface area contributed by atoms with Crippen LogP contribution in [0.1, 0.15) is 34.1 Å². The second kappa shape index (κ2) is 5.60. The Kier molecular flexibility index (Phi) is 3.41. The van der Waals surface area contributed by atoms with Gasteiger partial charge in [0.05, 0.1) is 11.4 Å². The van der Waals surface area contributed by atoms with Gasteiger partial charge in [0.2, 0.25) is 0 Å². The monoisotopic (exact) mass is 319 g/mol. The van der Waals surface area contributed by atoms with Crippen molar-refractivity contribution in [2.45, 2.75) is 18.9 Å². The molecule has 1 N–H and O–H groups in total. The third-order valence-corrected chi connectivity index (χ3v) is 4.61. The molecule has 1 atom stereocenters. The highest BCUT2D eigenvalue weighted by Gasteiger charge is 2.25. The van der Waals surface area contributed by atoms with Crippen LogP contribution in [-0.4, -0.2) is 15.7 Å². The number of amides is 1. The highest BCUT2D eigenvalue weighted by atomic mass is 16.2. The summed E-state index contributed by atoms with van der Waals surface area (Å²) in [6.45, 7) is 0. The van der Waals surface area contributed by atoms with Crippen LogP contribution in [-0.2, 0) is 13.5 Å². The molecule has 3 aromatic rings. The summed E-state index contributed by atoms with van der Waals surface area (Å²) in [6.07, 6.45) is 1.84.